The molecule has 1 fully saturated rings. The van der Waals surface area contributed by atoms with Gasteiger partial charge in [-0.3, -0.25) is 9.59 Å². The summed E-state index contributed by atoms with van der Waals surface area (Å²) in [6.45, 7) is 5.17. The fraction of sp³-hybridized carbons (Fsp3) is 0.333. The normalized spacial score (nSPS) is 17.0. The minimum Gasteiger partial charge on any atom is -0.338 e. The number of carbonyl (C=O) groups is 2. The van der Waals surface area contributed by atoms with Crippen molar-refractivity contribution in [1.29, 1.82) is 0 Å². The maximum atomic E-state index is 12.7. The Balaban J connectivity index is 1.65. The summed E-state index contributed by atoms with van der Waals surface area (Å²) in [5.41, 5.74) is 3.70. The number of rotatable bonds is 3. The van der Waals surface area contributed by atoms with Crippen LogP contribution in [-0.2, 0) is 4.79 Å². The van der Waals surface area contributed by atoms with Gasteiger partial charge in [-0.2, -0.15) is 0 Å². The van der Waals surface area contributed by atoms with E-state index in [0.29, 0.717) is 18.7 Å². The highest BCUT2D eigenvalue weighted by Crippen LogP contribution is 2.23. The Morgan fingerprint density at radius 1 is 1.12 bits per heavy atom. The Morgan fingerprint density at radius 2 is 1.85 bits per heavy atom. The fourth-order valence-corrected chi connectivity index (χ4v) is 3.55. The standard InChI is InChI=1S/C21H23BrN2O2/c1-14-5-8-16(9-6-14)21(26)24-11-3-4-17(13-24)20(25)23-18-10-7-15(2)19(22)12-18/h5-10,12,17H,3-4,11,13H2,1-2H3,(H,23,25). The number of nitrogens with zero attached hydrogens (tertiary/aromatic N) is 1. The van der Waals surface area contributed by atoms with E-state index < -0.39 is 0 Å². The van der Waals surface area contributed by atoms with Gasteiger partial charge in [0.05, 0.1) is 5.92 Å². The zero-order chi connectivity index (χ0) is 18.7. The second-order valence-corrected chi connectivity index (χ2v) is 7.76. The van der Waals surface area contributed by atoms with E-state index in [-0.39, 0.29) is 17.7 Å². The van der Waals surface area contributed by atoms with Crippen LogP contribution in [0.15, 0.2) is 46.9 Å². The van der Waals surface area contributed by atoms with Gasteiger partial charge in [0.25, 0.3) is 5.91 Å². The monoisotopic (exact) mass is 414 g/mol. The van der Waals surface area contributed by atoms with Crippen molar-refractivity contribution in [3.63, 3.8) is 0 Å². The van der Waals surface area contributed by atoms with Crippen molar-refractivity contribution in [2.75, 3.05) is 18.4 Å². The van der Waals surface area contributed by atoms with Crippen LogP contribution in [-0.4, -0.2) is 29.8 Å². The zero-order valence-corrected chi connectivity index (χ0v) is 16.7. The molecule has 3 rings (SSSR count). The molecule has 1 aliphatic heterocycles. The molecule has 0 saturated carbocycles. The van der Waals surface area contributed by atoms with Crippen molar-refractivity contribution in [2.24, 2.45) is 5.92 Å². The number of anilines is 1. The molecule has 1 N–H and O–H groups in total. The summed E-state index contributed by atoms with van der Waals surface area (Å²) in [5, 5.41) is 2.98. The second-order valence-electron chi connectivity index (χ2n) is 6.91. The molecule has 2 aromatic carbocycles. The molecule has 2 aromatic rings. The van der Waals surface area contributed by atoms with E-state index in [0.717, 1.165) is 34.1 Å². The minimum atomic E-state index is -0.182. The predicted molar refractivity (Wildman–Crippen MR) is 107 cm³/mol. The number of halogens is 1. The van der Waals surface area contributed by atoms with Gasteiger partial charge in [-0.25, -0.2) is 0 Å². The number of likely N-dealkylation sites (tertiary alicyclic amines) is 1. The van der Waals surface area contributed by atoms with Gasteiger partial charge in [0.2, 0.25) is 5.91 Å². The van der Waals surface area contributed by atoms with Crippen molar-refractivity contribution in [1.82, 2.24) is 4.90 Å². The molecule has 26 heavy (non-hydrogen) atoms. The lowest BCUT2D eigenvalue weighted by molar-refractivity contribution is -0.121. The van der Waals surface area contributed by atoms with Gasteiger partial charge in [-0.05, 0) is 56.5 Å². The number of hydrogen-bond acceptors (Lipinski definition) is 2. The summed E-state index contributed by atoms with van der Waals surface area (Å²) < 4.78 is 0.968. The van der Waals surface area contributed by atoms with Crippen LogP contribution < -0.4 is 5.32 Å². The van der Waals surface area contributed by atoms with Crippen molar-refractivity contribution in [3.8, 4) is 0 Å². The molecule has 0 aromatic heterocycles. The van der Waals surface area contributed by atoms with E-state index in [2.05, 4.69) is 21.2 Å². The Bertz CT molecular complexity index is 817. The average Bonchev–Trinajstić information content (AvgIpc) is 2.65. The first-order valence-corrected chi connectivity index (χ1v) is 9.66. The Hall–Kier alpha value is -2.14. The molecule has 0 spiro atoms. The smallest absolute Gasteiger partial charge is 0.253 e. The van der Waals surface area contributed by atoms with E-state index in [1.54, 1.807) is 4.90 Å². The van der Waals surface area contributed by atoms with E-state index in [1.165, 1.54) is 0 Å². The molecule has 0 bridgehead atoms. The van der Waals surface area contributed by atoms with Gasteiger partial charge in [-0.15, -0.1) is 0 Å². The summed E-state index contributed by atoms with van der Waals surface area (Å²) in [7, 11) is 0. The lowest BCUT2D eigenvalue weighted by Crippen LogP contribution is -2.43. The van der Waals surface area contributed by atoms with Gasteiger partial charge < -0.3 is 10.2 Å². The van der Waals surface area contributed by atoms with Gasteiger partial charge in [-0.1, -0.05) is 39.7 Å². The van der Waals surface area contributed by atoms with Crippen LogP contribution in [0.4, 0.5) is 5.69 Å². The number of benzene rings is 2. The number of amides is 2. The lowest BCUT2D eigenvalue weighted by atomic mass is 9.96. The number of hydrogen-bond donors (Lipinski definition) is 1. The van der Waals surface area contributed by atoms with Crippen LogP contribution in [0.25, 0.3) is 0 Å². The summed E-state index contributed by atoms with van der Waals surface area (Å²) in [5.74, 6) is -0.207. The van der Waals surface area contributed by atoms with Crippen molar-refractivity contribution in [2.45, 2.75) is 26.7 Å². The van der Waals surface area contributed by atoms with E-state index in [1.807, 2.05) is 56.3 Å². The Kier molecular flexibility index (Phi) is 5.77. The van der Waals surface area contributed by atoms with Gasteiger partial charge in [0, 0.05) is 28.8 Å². The molecule has 1 unspecified atom stereocenters. The number of carbonyl (C=O) groups excluding carboxylic acids is 2. The fourth-order valence-electron chi connectivity index (χ4n) is 3.17. The molecular weight excluding hydrogens is 392 g/mol. The summed E-state index contributed by atoms with van der Waals surface area (Å²) in [6.07, 6.45) is 1.64. The van der Waals surface area contributed by atoms with Crippen LogP contribution >= 0.6 is 15.9 Å². The first-order valence-electron chi connectivity index (χ1n) is 8.87. The topological polar surface area (TPSA) is 49.4 Å². The number of piperidine rings is 1. The maximum absolute atomic E-state index is 12.7. The molecule has 1 heterocycles. The highest BCUT2D eigenvalue weighted by Gasteiger charge is 2.29. The van der Waals surface area contributed by atoms with Crippen LogP contribution in [0.2, 0.25) is 0 Å². The minimum absolute atomic E-state index is 0.000537. The average molecular weight is 415 g/mol. The Labute approximate surface area is 162 Å². The van der Waals surface area contributed by atoms with Crippen molar-refractivity contribution >= 4 is 33.4 Å². The van der Waals surface area contributed by atoms with Crippen LogP contribution in [0.5, 0.6) is 0 Å². The largest absolute Gasteiger partial charge is 0.338 e. The molecule has 4 nitrogen and oxygen atoms in total. The molecule has 0 radical (unpaired) electrons. The second kappa shape index (κ2) is 8.04. The molecule has 1 aliphatic rings. The molecule has 0 aliphatic carbocycles. The Morgan fingerprint density at radius 3 is 2.54 bits per heavy atom. The highest BCUT2D eigenvalue weighted by atomic mass is 79.9. The third-order valence-electron chi connectivity index (χ3n) is 4.82. The van der Waals surface area contributed by atoms with Crippen LogP contribution in [0.3, 0.4) is 0 Å². The third-order valence-corrected chi connectivity index (χ3v) is 5.67. The maximum Gasteiger partial charge on any atom is 0.253 e. The molecule has 1 atom stereocenters. The lowest BCUT2D eigenvalue weighted by Gasteiger charge is -2.32. The summed E-state index contributed by atoms with van der Waals surface area (Å²) in [4.78, 5) is 27.2. The first kappa shape index (κ1) is 18.6. The van der Waals surface area contributed by atoms with Crippen molar-refractivity contribution in [3.05, 3.63) is 63.6 Å². The molecule has 136 valence electrons. The molecule has 2 amide bonds. The highest BCUT2D eigenvalue weighted by molar-refractivity contribution is 9.10. The first-order chi connectivity index (χ1) is 12.4. The quantitative estimate of drug-likeness (QED) is 0.799. The van der Waals surface area contributed by atoms with Gasteiger partial charge in [0.15, 0.2) is 0 Å². The van der Waals surface area contributed by atoms with E-state index in [9.17, 15) is 9.59 Å². The molecule has 5 heteroatoms. The van der Waals surface area contributed by atoms with E-state index >= 15 is 0 Å². The van der Waals surface area contributed by atoms with Gasteiger partial charge in [0.1, 0.15) is 0 Å². The molecule has 1 saturated heterocycles. The van der Waals surface area contributed by atoms with Crippen LogP contribution in [0, 0.1) is 19.8 Å². The van der Waals surface area contributed by atoms with Gasteiger partial charge >= 0.3 is 0 Å². The number of aryl methyl sites for hydroxylation is 2. The summed E-state index contributed by atoms with van der Waals surface area (Å²) in [6, 6.07) is 13.4. The SMILES string of the molecule is Cc1ccc(C(=O)N2CCCC(C(=O)Nc3ccc(C)c(Br)c3)C2)cc1. The third kappa shape index (κ3) is 4.33. The zero-order valence-electron chi connectivity index (χ0n) is 15.1. The van der Waals surface area contributed by atoms with E-state index in [4.69, 9.17) is 0 Å². The number of nitrogens with one attached hydrogen (secondary N) is 1. The summed E-state index contributed by atoms with van der Waals surface area (Å²) >= 11 is 3.49. The molecular formula is C21H23BrN2O2. The van der Waals surface area contributed by atoms with Crippen molar-refractivity contribution < 1.29 is 9.59 Å². The van der Waals surface area contributed by atoms with Crippen LogP contribution in [0.1, 0.15) is 34.3 Å². The predicted octanol–water partition coefficient (Wildman–Crippen LogP) is 4.56.